The normalized spacial score (nSPS) is 14.1. The van der Waals surface area contributed by atoms with E-state index in [9.17, 15) is 5.11 Å². The second-order valence-corrected chi connectivity index (χ2v) is 6.97. The van der Waals surface area contributed by atoms with Crippen LogP contribution in [0.25, 0.3) is 11.1 Å². The van der Waals surface area contributed by atoms with Crippen molar-refractivity contribution in [2.75, 3.05) is 25.1 Å². The van der Waals surface area contributed by atoms with Gasteiger partial charge in [-0.05, 0) is 34.9 Å². The van der Waals surface area contributed by atoms with Crippen molar-refractivity contribution < 1.29 is 9.84 Å². The molecule has 4 rings (SSSR count). The molecular formula is C20H19ClN4O2. The molecular weight excluding hydrogens is 364 g/mol. The monoisotopic (exact) mass is 382 g/mol. The van der Waals surface area contributed by atoms with E-state index in [4.69, 9.17) is 16.3 Å². The summed E-state index contributed by atoms with van der Waals surface area (Å²) in [6, 6.07) is 9.67. The zero-order chi connectivity index (χ0) is 18.8. The van der Waals surface area contributed by atoms with Crippen molar-refractivity contribution >= 4 is 17.5 Å². The van der Waals surface area contributed by atoms with Crippen molar-refractivity contribution in [1.29, 1.82) is 0 Å². The van der Waals surface area contributed by atoms with Gasteiger partial charge in [-0.3, -0.25) is 0 Å². The predicted molar refractivity (Wildman–Crippen MR) is 104 cm³/mol. The van der Waals surface area contributed by atoms with Gasteiger partial charge in [0.2, 0.25) is 11.8 Å². The predicted octanol–water partition coefficient (Wildman–Crippen LogP) is 2.97. The van der Waals surface area contributed by atoms with Crippen molar-refractivity contribution in [2.24, 2.45) is 0 Å². The number of β-amino-alcohol motifs (C(OH)–C–C–N with tert-alkyl or cyclic N) is 1. The average molecular weight is 383 g/mol. The Bertz CT molecular complexity index is 943. The third-order valence-electron chi connectivity index (χ3n) is 4.48. The van der Waals surface area contributed by atoms with Gasteiger partial charge in [0, 0.05) is 48.7 Å². The van der Waals surface area contributed by atoms with Crippen molar-refractivity contribution in [3.63, 3.8) is 0 Å². The molecule has 1 saturated heterocycles. The Hall–Kier alpha value is -2.70. The van der Waals surface area contributed by atoms with Crippen LogP contribution >= 0.6 is 11.6 Å². The number of aromatic nitrogens is 3. The highest BCUT2D eigenvalue weighted by Crippen LogP contribution is 2.31. The maximum absolute atomic E-state index is 9.39. The van der Waals surface area contributed by atoms with Gasteiger partial charge in [0.05, 0.1) is 13.2 Å². The number of hydrogen-bond donors (Lipinski definition) is 1. The van der Waals surface area contributed by atoms with Crippen LogP contribution < -0.4 is 9.64 Å². The fourth-order valence-corrected chi connectivity index (χ4v) is 3.26. The molecule has 0 unspecified atom stereocenters. The summed E-state index contributed by atoms with van der Waals surface area (Å²) in [7, 11) is 1.61. The van der Waals surface area contributed by atoms with Crippen LogP contribution in [0.2, 0.25) is 5.02 Å². The van der Waals surface area contributed by atoms with E-state index in [0.29, 0.717) is 36.4 Å². The topological polar surface area (TPSA) is 71.4 Å². The summed E-state index contributed by atoms with van der Waals surface area (Å²) in [5, 5.41) is 10.1. The van der Waals surface area contributed by atoms with E-state index in [2.05, 4.69) is 21.0 Å². The smallest absolute Gasteiger partial charge is 0.225 e. The summed E-state index contributed by atoms with van der Waals surface area (Å²) in [4.78, 5) is 15.2. The number of anilines is 1. The molecule has 0 bridgehead atoms. The zero-order valence-electron chi connectivity index (χ0n) is 14.8. The molecule has 3 aromatic rings. The average Bonchev–Trinajstić information content (AvgIpc) is 2.66. The van der Waals surface area contributed by atoms with Crippen LogP contribution in [-0.4, -0.2) is 46.4 Å². The molecule has 1 aliphatic heterocycles. The number of rotatable bonds is 5. The second-order valence-electron chi connectivity index (χ2n) is 6.54. The summed E-state index contributed by atoms with van der Waals surface area (Å²) in [6.45, 7) is 1.18. The van der Waals surface area contributed by atoms with E-state index in [1.165, 1.54) is 0 Å². The Kier molecular flexibility index (Phi) is 4.92. The molecule has 0 spiro atoms. The number of halogens is 1. The Balaban J connectivity index is 1.56. The zero-order valence-corrected chi connectivity index (χ0v) is 15.6. The Labute approximate surface area is 162 Å². The van der Waals surface area contributed by atoms with Gasteiger partial charge in [-0.25, -0.2) is 15.0 Å². The highest BCUT2D eigenvalue weighted by atomic mass is 35.5. The lowest BCUT2D eigenvalue weighted by atomic mass is 10.0. The number of nitrogens with zero attached hydrogens (tertiary/aromatic N) is 4. The standard InChI is InChI=1S/C20H19ClN4O2/c1-27-19-18(15-3-2-4-16(21)7-15)6-13(8-22-19)5-14-9-23-20(24-10-14)25-11-17(26)12-25/h2-4,6-10,17,26H,5,11-12H2,1H3. The van der Waals surface area contributed by atoms with Crippen molar-refractivity contribution in [2.45, 2.75) is 12.5 Å². The van der Waals surface area contributed by atoms with Gasteiger partial charge in [-0.1, -0.05) is 23.7 Å². The summed E-state index contributed by atoms with van der Waals surface area (Å²) in [5.41, 5.74) is 3.87. The van der Waals surface area contributed by atoms with Crippen LogP contribution in [0.15, 0.2) is 48.9 Å². The lowest BCUT2D eigenvalue weighted by Crippen LogP contribution is -2.51. The first-order chi connectivity index (χ1) is 13.1. The minimum Gasteiger partial charge on any atom is -0.481 e. The van der Waals surface area contributed by atoms with E-state index in [1.807, 2.05) is 41.6 Å². The van der Waals surface area contributed by atoms with Gasteiger partial charge in [0.1, 0.15) is 0 Å². The van der Waals surface area contributed by atoms with Gasteiger partial charge >= 0.3 is 0 Å². The SMILES string of the molecule is COc1ncc(Cc2cnc(N3CC(O)C3)nc2)cc1-c1cccc(Cl)c1. The second kappa shape index (κ2) is 7.50. The third kappa shape index (κ3) is 3.86. The third-order valence-corrected chi connectivity index (χ3v) is 4.72. The number of ether oxygens (including phenoxy) is 1. The number of benzene rings is 1. The van der Waals surface area contributed by atoms with Gasteiger partial charge in [0.25, 0.3) is 0 Å². The molecule has 1 fully saturated rings. The number of hydrogen-bond acceptors (Lipinski definition) is 6. The lowest BCUT2D eigenvalue weighted by Gasteiger charge is -2.35. The molecule has 1 N–H and O–H groups in total. The molecule has 0 atom stereocenters. The van der Waals surface area contributed by atoms with Gasteiger partial charge < -0.3 is 14.7 Å². The van der Waals surface area contributed by atoms with Crippen molar-refractivity contribution in [3.8, 4) is 17.0 Å². The number of aliphatic hydroxyl groups excluding tert-OH is 1. The molecule has 7 heteroatoms. The van der Waals surface area contributed by atoms with E-state index in [0.717, 1.165) is 22.3 Å². The summed E-state index contributed by atoms with van der Waals surface area (Å²) in [5.74, 6) is 1.21. The van der Waals surface area contributed by atoms with Crippen LogP contribution in [0.4, 0.5) is 5.95 Å². The fourth-order valence-electron chi connectivity index (χ4n) is 3.07. The van der Waals surface area contributed by atoms with Gasteiger partial charge in [-0.15, -0.1) is 0 Å². The molecule has 1 aromatic carbocycles. The van der Waals surface area contributed by atoms with E-state index in [1.54, 1.807) is 13.3 Å². The van der Waals surface area contributed by atoms with Crippen LogP contribution in [0, 0.1) is 0 Å². The lowest BCUT2D eigenvalue weighted by molar-refractivity contribution is 0.140. The number of aliphatic hydroxyl groups is 1. The molecule has 0 saturated carbocycles. The first-order valence-corrected chi connectivity index (χ1v) is 9.03. The summed E-state index contributed by atoms with van der Waals surface area (Å²) >= 11 is 6.13. The van der Waals surface area contributed by atoms with Gasteiger partial charge in [0.15, 0.2) is 0 Å². The molecule has 3 heterocycles. The van der Waals surface area contributed by atoms with Gasteiger partial charge in [-0.2, -0.15) is 0 Å². The first kappa shape index (κ1) is 17.7. The molecule has 0 radical (unpaired) electrons. The fraction of sp³-hybridized carbons (Fsp3) is 0.250. The van der Waals surface area contributed by atoms with Crippen LogP contribution in [0.5, 0.6) is 5.88 Å². The van der Waals surface area contributed by atoms with Crippen molar-refractivity contribution in [3.05, 3.63) is 65.1 Å². The summed E-state index contributed by atoms with van der Waals surface area (Å²) in [6.07, 6.45) is 5.82. The van der Waals surface area contributed by atoms with Crippen LogP contribution in [0.3, 0.4) is 0 Å². The molecule has 0 aliphatic carbocycles. The van der Waals surface area contributed by atoms with E-state index < -0.39 is 0 Å². The maximum Gasteiger partial charge on any atom is 0.225 e. The van der Waals surface area contributed by atoms with E-state index in [-0.39, 0.29) is 6.10 Å². The Morgan fingerprint density at radius 1 is 1.11 bits per heavy atom. The largest absolute Gasteiger partial charge is 0.481 e. The maximum atomic E-state index is 9.39. The number of pyridine rings is 1. The highest BCUT2D eigenvalue weighted by Gasteiger charge is 2.26. The molecule has 138 valence electrons. The Morgan fingerprint density at radius 3 is 2.52 bits per heavy atom. The minimum absolute atomic E-state index is 0.274. The van der Waals surface area contributed by atoms with Crippen LogP contribution in [0.1, 0.15) is 11.1 Å². The van der Waals surface area contributed by atoms with Crippen molar-refractivity contribution in [1.82, 2.24) is 15.0 Å². The quantitative estimate of drug-likeness (QED) is 0.731. The molecule has 1 aliphatic rings. The number of methoxy groups -OCH3 is 1. The molecule has 2 aromatic heterocycles. The Morgan fingerprint density at radius 2 is 1.85 bits per heavy atom. The molecule has 6 nitrogen and oxygen atoms in total. The summed E-state index contributed by atoms with van der Waals surface area (Å²) < 4.78 is 5.41. The first-order valence-electron chi connectivity index (χ1n) is 8.65. The highest BCUT2D eigenvalue weighted by molar-refractivity contribution is 6.30. The van der Waals surface area contributed by atoms with E-state index >= 15 is 0 Å². The molecule has 27 heavy (non-hydrogen) atoms. The van der Waals surface area contributed by atoms with Crippen LogP contribution in [-0.2, 0) is 6.42 Å². The molecule has 0 amide bonds. The minimum atomic E-state index is -0.274.